The molecule has 0 saturated heterocycles. The van der Waals surface area contributed by atoms with Gasteiger partial charge in [0, 0.05) is 30.8 Å². The third-order valence-corrected chi connectivity index (χ3v) is 4.44. The number of nitrogens with zero attached hydrogens (tertiary/aromatic N) is 3. The molecule has 0 unspecified atom stereocenters. The van der Waals surface area contributed by atoms with E-state index in [9.17, 15) is 18.0 Å². The Bertz CT molecular complexity index is 1060. The van der Waals surface area contributed by atoms with Gasteiger partial charge in [-0.25, -0.2) is 9.98 Å². The molecule has 2 aliphatic rings. The first kappa shape index (κ1) is 17.2. The summed E-state index contributed by atoms with van der Waals surface area (Å²) in [5, 5.41) is 0. The fourth-order valence-electron chi connectivity index (χ4n) is 3.22. The van der Waals surface area contributed by atoms with Crippen LogP contribution in [-0.4, -0.2) is 36.4 Å². The number of aliphatic imine (C=N–C) groups is 2. The molecule has 0 radical (unpaired) electrons. The van der Waals surface area contributed by atoms with Crippen LogP contribution in [0.3, 0.4) is 0 Å². The maximum absolute atomic E-state index is 13.6. The van der Waals surface area contributed by atoms with Gasteiger partial charge in [0.15, 0.2) is 5.78 Å². The van der Waals surface area contributed by atoms with Crippen molar-refractivity contribution in [2.45, 2.75) is 6.18 Å². The van der Waals surface area contributed by atoms with E-state index in [4.69, 9.17) is 0 Å². The van der Waals surface area contributed by atoms with Crippen LogP contribution < -0.4 is 0 Å². The van der Waals surface area contributed by atoms with Gasteiger partial charge < -0.3 is 4.90 Å². The van der Waals surface area contributed by atoms with Crippen LogP contribution in [0.4, 0.5) is 13.2 Å². The zero-order chi connectivity index (χ0) is 19.3. The molecular weight excluding hydrogens is 355 g/mol. The molecule has 1 aliphatic carbocycles. The Labute approximate surface area is 153 Å². The molecular formula is C20H14F3N3O. The van der Waals surface area contributed by atoms with Crippen molar-refractivity contribution >= 4 is 23.0 Å². The molecule has 0 amide bonds. The number of Topliss-reactive ketones (excluding diaryl/α,β-unsaturated/α-hetero) is 1. The van der Waals surface area contributed by atoms with Crippen LogP contribution in [0, 0.1) is 0 Å². The Hall–Kier alpha value is -3.22. The first-order valence-corrected chi connectivity index (χ1v) is 8.19. The molecule has 136 valence electrons. The van der Waals surface area contributed by atoms with Gasteiger partial charge in [-0.15, -0.1) is 0 Å². The number of halogens is 3. The van der Waals surface area contributed by atoms with Gasteiger partial charge in [0.2, 0.25) is 5.96 Å². The van der Waals surface area contributed by atoms with Gasteiger partial charge in [0.1, 0.15) is 11.4 Å². The van der Waals surface area contributed by atoms with Crippen molar-refractivity contribution in [3.05, 3.63) is 76.5 Å². The number of benzene rings is 2. The number of guanidine groups is 1. The van der Waals surface area contributed by atoms with Crippen LogP contribution in [0.5, 0.6) is 0 Å². The zero-order valence-corrected chi connectivity index (χ0v) is 14.5. The van der Waals surface area contributed by atoms with Crippen molar-refractivity contribution < 1.29 is 18.0 Å². The fourth-order valence-corrected chi connectivity index (χ4v) is 3.22. The molecule has 0 bridgehead atoms. The maximum Gasteiger partial charge on any atom is 0.417 e. The molecule has 0 saturated carbocycles. The smallest absolute Gasteiger partial charge is 0.347 e. The molecule has 4 rings (SSSR count). The standard InChI is InChI=1S/C20H14F3N3O/c1-26(2)19-24-16-11-7-3-4-8-12(11)18(27)15(17(16)25-19)13-9-5-6-10-14(13)20(21,22)23/h3-10H,1-2H3. The first-order chi connectivity index (χ1) is 12.8. The number of allylic oxidation sites excluding steroid dienone is 2. The average molecular weight is 369 g/mol. The summed E-state index contributed by atoms with van der Waals surface area (Å²) < 4.78 is 40.7. The third-order valence-electron chi connectivity index (χ3n) is 4.44. The quantitative estimate of drug-likeness (QED) is 0.762. The van der Waals surface area contributed by atoms with Crippen LogP contribution in [0.15, 0.2) is 64.2 Å². The molecule has 0 N–H and O–H groups in total. The molecule has 7 heteroatoms. The van der Waals surface area contributed by atoms with E-state index < -0.39 is 17.5 Å². The topological polar surface area (TPSA) is 45.0 Å². The summed E-state index contributed by atoms with van der Waals surface area (Å²) >= 11 is 0. The van der Waals surface area contributed by atoms with Gasteiger partial charge in [-0.1, -0.05) is 42.5 Å². The van der Waals surface area contributed by atoms with Gasteiger partial charge in [0.05, 0.1) is 11.1 Å². The highest BCUT2D eigenvalue weighted by Gasteiger charge is 2.40. The van der Waals surface area contributed by atoms with Crippen LogP contribution in [0.25, 0.3) is 5.57 Å². The Kier molecular flexibility index (Phi) is 3.76. The molecule has 1 aliphatic heterocycles. The summed E-state index contributed by atoms with van der Waals surface area (Å²) in [7, 11) is 3.47. The monoisotopic (exact) mass is 369 g/mol. The van der Waals surface area contributed by atoms with Crippen molar-refractivity contribution in [1.82, 2.24) is 4.90 Å². The highest BCUT2D eigenvalue weighted by atomic mass is 19.4. The van der Waals surface area contributed by atoms with Crippen LogP contribution >= 0.6 is 0 Å². The van der Waals surface area contributed by atoms with Crippen molar-refractivity contribution in [1.29, 1.82) is 0 Å². The summed E-state index contributed by atoms with van der Waals surface area (Å²) in [5.74, 6) is -0.147. The normalized spacial score (nSPS) is 16.0. The number of hydrogen-bond donors (Lipinski definition) is 0. The summed E-state index contributed by atoms with van der Waals surface area (Å²) in [5.41, 5.74) is 0.370. The summed E-state index contributed by atoms with van der Waals surface area (Å²) in [4.78, 5) is 23.6. The Morgan fingerprint density at radius 3 is 2.07 bits per heavy atom. The average Bonchev–Trinajstić information content (AvgIpc) is 3.07. The van der Waals surface area contributed by atoms with Crippen molar-refractivity contribution in [2.75, 3.05) is 14.1 Å². The Morgan fingerprint density at radius 2 is 1.44 bits per heavy atom. The summed E-state index contributed by atoms with van der Waals surface area (Å²) in [6, 6.07) is 11.8. The first-order valence-electron chi connectivity index (χ1n) is 8.19. The van der Waals surface area contributed by atoms with E-state index >= 15 is 0 Å². The largest absolute Gasteiger partial charge is 0.417 e. The molecule has 27 heavy (non-hydrogen) atoms. The van der Waals surface area contributed by atoms with Gasteiger partial charge >= 0.3 is 6.18 Å². The van der Waals surface area contributed by atoms with E-state index in [0.717, 1.165) is 6.07 Å². The second-order valence-electron chi connectivity index (χ2n) is 6.41. The molecule has 0 aromatic heterocycles. The number of ketones is 1. The van der Waals surface area contributed by atoms with E-state index in [2.05, 4.69) is 9.98 Å². The summed E-state index contributed by atoms with van der Waals surface area (Å²) in [6.07, 6.45) is -4.59. The molecule has 0 spiro atoms. The minimum absolute atomic E-state index is 0.0720. The lowest BCUT2D eigenvalue weighted by atomic mass is 9.82. The molecule has 2 aromatic rings. The predicted molar refractivity (Wildman–Crippen MR) is 96.8 cm³/mol. The number of fused-ring (bicyclic) bond motifs is 3. The SMILES string of the molecule is CN(C)C1=NC2=C(c3ccccc3C(F)(F)F)C(=O)c3ccccc3C2=N1. The Morgan fingerprint density at radius 1 is 0.852 bits per heavy atom. The van der Waals surface area contributed by atoms with Gasteiger partial charge in [-0.05, 0) is 6.07 Å². The number of rotatable bonds is 1. The van der Waals surface area contributed by atoms with E-state index in [1.165, 1.54) is 18.2 Å². The van der Waals surface area contributed by atoms with Crippen molar-refractivity contribution in [3.8, 4) is 0 Å². The Balaban J connectivity index is 2.05. The number of carbonyl (C=O) groups is 1. The highest BCUT2D eigenvalue weighted by Crippen LogP contribution is 2.41. The predicted octanol–water partition coefficient (Wildman–Crippen LogP) is 4.03. The summed E-state index contributed by atoms with van der Waals surface area (Å²) in [6.45, 7) is 0. The van der Waals surface area contributed by atoms with Crippen LogP contribution in [-0.2, 0) is 6.18 Å². The van der Waals surface area contributed by atoms with Gasteiger partial charge in [0.25, 0.3) is 0 Å². The van der Waals surface area contributed by atoms with E-state index in [0.29, 0.717) is 22.8 Å². The van der Waals surface area contributed by atoms with Crippen LogP contribution in [0.1, 0.15) is 27.0 Å². The lowest BCUT2D eigenvalue weighted by molar-refractivity contribution is -0.137. The zero-order valence-electron chi connectivity index (χ0n) is 14.5. The van der Waals surface area contributed by atoms with Gasteiger partial charge in [-0.2, -0.15) is 13.2 Å². The molecule has 4 nitrogen and oxygen atoms in total. The molecule has 2 aromatic carbocycles. The maximum atomic E-state index is 13.6. The fraction of sp³-hybridized carbons (Fsp3) is 0.150. The molecule has 0 atom stereocenters. The number of carbonyl (C=O) groups excluding carboxylic acids is 1. The lowest BCUT2D eigenvalue weighted by Crippen LogP contribution is -2.22. The van der Waals surface area contributed by atoms with Crippen molar-refractivity contribution in [3.63, 3.8) is 0 Å². The van der Waals surface area contributed by atoms with Gasteiger partial charge in [-0.3, -0.25) is 4.79 Å². The number of hydrogen-bond acceptors (Lipinski definition) is 4. The second kappa shape index (κ2) is 5.90. The lowest BCUT2D eigenvalue weighted by Gasteiger charge is -2.21. The minimum Gasteiger partial charge on any atom is -0.347 e. The third kappa shape index (κ3) is 2.66. The molecule has 0 fully saturated rings. The second-order valence-corrected chi connectivity index (χ2v) is 6.41. The van der Waals surface area contributed by atoms with Crippen LogP contribution in [0.2, 0.25) is 0 Å². The minimum atomic E-state index is -4.59. The van der Waals surface area contributed by atoms with E-state index in [1.54, 1.807) is 43.3 Å². The number of alkyl halides is 3. The molecule has 1 heterocycles. The van der Waals surface area contributed by atoms with E-state index in [-0.39, 0.29) is 16.8 Å². The van der Waals surface area contributed by atoms with E-state index in [1.807, 2.05) is 0 Å². The highest BCUT2D eigenvalue weighted by molar-refractivity contribution is 6.43. The van der Waals surface area contributed by atoms with Crippen molar-refractivity contribution in [2.24, 2.45) is 9.98 Å².